The van der Waals surface area contributed by atoms with Crippen molar-refractivity contribution in [2.24, 2.45) is 0 Å². The smallest absolute Gasteiger partial charge is 0.307 e. The van der Waals surface area contributed by atoms with Gasteiger partial charge in [0.15, 0.2) is 0 Å². The number of carbonyl (C=O) groups is 1. The Morgan fingerprint density at radius 3 is 2.56 bits per heavy atom. The van der Waals surface area contributed by atoms with Crippen LogP contribution in [0.1, 0.15) is 23.2 Å². The molecule has 1 aromatic heterocycles. The van der Waals surface area contributed by atoms with E-state index in [2.05, 4.69) is 20.9 Å². The highest BCUT2D eigenvalue weighted by molar-refractivity contribution is 9.08. The van der Waals surface area contributed by atoms with Crippen LogP contribution in [0.25, 0.3) is 0 Å². The minimum absolute atomic E-state index is 0.0694. The molecule has 0 fully saturated rings. The van der Waals surface area contributed by atoms with Crippen LogP contribution in [0.15, 0.2) is 6.20 Å². The molecule has 0 saturated heterocycles. The molecule has 0 amide bonds. The summed E-state index contributed by atoms with van der Waals surface area (Å²) in [5.41, 5.74) is -0.943. The number of rotatable bonds is 4. The highest BCUT2D eigenvalue weighted by Crippen LogP contribution is 2.27. The summed E-state index contributed by atoms with van der Waals surface area (Å²) >= 11 is 2.92. The third kappa shape index (κ3) is 2.72. The Hall–Kier alpha value is -1.11. The molecule has 3 nitrogen and oxygen atoms in total. The fourth-order valence-electron chi connectivity index (χ4n) is 1.26. The molecule has 0 aliphatic carbocycles. The largest absolute Gasteiger partial charge is 0.481 e. The first kappa shape index (κ1) is 13.0. The molecule has 1 N–H and O–H groups in total. The lowest BCUT2D eigenvalue weighted by Gasteiger charge is -2.10. The van der Waals surface area contributed by atoms with E-state index >= 15 is 0 Å². The molecular formula is C9H7BrF3NO2. The summed E-state index contributed by atoms with van der Waals surface area (Å²) in [4.78, 5) is 13.7. The quantitative estimate of drug-likeness (QED) is 0.869. The van der Waals surface area contributed by atoms with E-state index in [-0.39, 0.29) is 16.5 Å². The highest BCUT2D eigenvalue weighted by atomic mass is 79.9. The summed E-state index contributed by atoms with van der Waals surface area (Å²) < 4.78 is 38.3. The van der Waals surface area contributed by atoms with Crippen LogP contribution in [0.5, 0.6) is 0 Å². The molecule has 88 valence electrons. The van der Waals surface area contributed by atoms with Crippen LogP contribution in [0.4, 0.5) is 13.2 Å². The van der Waals surface area contributed by atoms with Crippen LogP contribution in [0, 0.1) is 5.82 Å². The lowest BCUT2D eigenvalue weighted by molar-refractivity contribution is -0.136. The third-order valence-corrected chi connectivity index (χ3v) is 2.51. The monoisotopic (exact) mass is 297 g/mol. The summed E-state index contributed by atoms with van der Waals surface area (Å²) in [6, 6.07) is 0. The van der Waals surface area contributed by atoms with Crippen LogP contribution < -0.4 is 0 Å². The second-order valence-electron chi connectivity index (χ2n) is 2.95. The van der Waals surface area contributed by atoms with Crippen LogP contribution in [0.2, 0.25) is 0 Å². The lowest BCUT2D eigenvalue weighted by Crippen LogP contribution is -2.10. The van der Waals surface area contributed by atoms with Crippen LogP contribution in [-0.4, -0.2) is 16.1 Å². The molecule has 1 rings (SSSR count). The van der Waals surface area contributed by atoms with Crippen molar-refractivity contribution in [2.45, 2.75) is 18.2 Å². The zero-order valence-corrected chi connectivity index (χ0v) is 9.47. The molecule has 0 aliphatic rings. The number of carboxylic acid groups (broad SMARTS) is 1. The number of nitrogens with zero attached hydrogens (tertiary/aromatic N) is 1. The lowest BCUT2D eigenvalue weighted by atomic mass is 10.0. The molecule has 1 aromatic rings. The molecule has 16 heavy (non-hydrogen) atoms. The molecule has 0 aromatic carbocycles. The van der Waals surface area contributed by atoms with Crippen molar-refractivity contribution in [3.05, 3.63) is 28.8 Å². The molecule has 7 heteroatoms. The van der Waals surface area contributed by atoms with Crippen molar-refractivity contribution in [2.75, 3.05) is 0 Å². The molecular weight excluding hydrogens is 291 g/mol. The number of hydrogen-bond acceptors (Lipinski definition) is 2. The predicted molar refractivity (Wildman–Crippen MR) is 53.1 cm³/mol. The number of alkyl halides is 3. The maximum absolute atomic E-state index is 13.2. The first-order valence-electron chi connectivity index (χ1n) is 4.19. The molecule has 0 spiro atoms. The second kappa shape index (κ2) is 5.29. The molecule has 0 aliphatic heterocycles. The van der Waals surface area contributed by atoms with E-state index < -0.39 is 30.3 Å². The zero-order chi connectivity index (χ0) is 12.3. The molecule has 0 bridgehead atoms. The van der Waals surface area contributed by atoms with Gasteiger partial charge in [-0.05, 0) is 5.56 Å². The minimum Gasteiger partial charge on any atom is -0.481 e. The summed E-state index contributed by atoms with van der Waals surface area (Å²) in [6.07, 6.45) is -2.89. The number of halogens is 4. The third-order valence-electron chi connectivity index (χ3n) is 1.95. The maximum Gasteiger partial charge on any atom is 0.307 e. The van der Waals surface area contributed by atoms with E-state index in [0.717, 1.165) is 0 Å². The van der Waals surface area contributed by atoms with Gasteiger partial charge in [-0.1, -0.05) is 15.9 Å². The van der Waals surface area contributed by atoms with Gasteiger partial charge in [0.25, 0.3) is 6.43 Å². The van der Waals surface area contributed by atoms with Crippen LogP contribution in [0.3, 0.4) is 0 Å². The van der Waals surface area contributed by atoms with Gasteiger partial charge in [-0.2, -0.15) is 0 Å². The zero-order valence-electron chi connectivity index (χ0n) is 7.88. The molecule has 0 radical (unpaired) electrons. The molecule has 0 unspecified atom stereocenters. The van der Waals surface area contributed by atoms with E-state index in [9.17, 15) is 18.0 Å². The van der Waals surface area contributed by atoms with Crippen molar-refractivity contribution < 1.29 is 23.1 Å². The maximum atomic E-state index is 13.2. The number of carboxylic acids is 1. The SMILES string of the molecule is O=C(O)Cc1c(F)cnc(C(F)F)c1CBr. The average Bonchev–Trinajstić information content (AvgIpc) is 2.19. The fraction of sp³-hybridized carbons (Fsp3) is 0.333. The minimum atomic E-state index is -2.86. The van der Waals surface area contributed by atoms with Gasteiger partial charge in [-0.3, -0.25) is 9.78 Å². The summed E-state index contributed by atoms with van der Waals surface area (Å²) in [5.74, 6) is -2.17. The molecule has 1 heterocycles. The predicted octanol–water partition coefficient (Wildman–Crippen LogP) is 2.68. The van der Waals surface area contributed by atoms with Crippen LogP contribution >= 0.6 is 15.9 Å². The van der Waals surface area contributed by atoms with E-state index in [0.29, 0.717) is 6.20 Å². The number of hydrogen-bond donors (Lipinski definition) is 1. The molecule has 0 atom stereocenters. The summed E-state index contributed by atoms with van der Waals surface area (Å²) in [7, 11) is 0. The van der Waals surface area contributed by atoms with Gasteiger partial charge in [0.2, 0.25) is 0 Å². The average molecular weight is 298 g/mol. The van der Waals surface area contributed by atoms with Crippen molar-refractivity contribution in [1.82, 2.24) is 4.98 Å². The summed E-state index contributed by atoms with van der Waals surface area (Å²) in [6.45, 7) is 0. The van der Waals surface area contributed by atoms with Gasteiger partial charge in [-0.25, -0.2) is 13.2 Å². The van der Waals surface area contributed by atoms with E-state index in [4.69, 9.17) is 5.11 Å². The highest BCUT2D eigenvalue weighted by Gasteiger charge is 2.21. The van der Waals surface area contributed by atoms with Crippen molar-refractivity contribution in [1.29, 1.82) is 0 Å². The standard InChI is InChI=1S/C9H7BrF3NO2/c10-2-5-4(1-7(15)16)6(11)3-14-8(5)9(12)13/h3,9H,1-2H2,(H,15,16). The van der Waals surface area contributed by atoms with Gasteiger partial charge >= 0.3 is 5.97 Å². The number of aliphatic carboxylic acids is 1. The van der Waals surface area contributed by atoms with E-state index in [1.54, 1.807) is 0 Å². The summed E-state index contributed by atoms with van der Waals surface area (Å²) in [5, 5.41) is 8.48. The molecule has 0 saturated carbocycles. The first-order valence-corrected chi connectivity index (χ1v) is 5.31. The van der Waals surface area contributed by atoms with Gasteiger partial charge in [0, 0.05) is 10.9 Å². The Morgan fingerprint density at radius 2 is 2.12 bits per heavy atom. The Bertz CT molecular complexity index is 412. The number of aromatic nitrogens is 1. The van der Waals surface area contributed by atoms with Crippen LogP contribution in [-0.2, 0) is 16.5 Å². The Kier molecular flexibility index (Phi) is 4.28. The Morgan fingerprint density at radius 1 is 1.50 bits per heavy atom. The van der Waals surface area contributed by atoms with Crippen molar-refractivity contribution in [3.8, 4) is 0 Å². The van der Waals surface area contributed by atoms with Gasteiger partial charge < -0.3 is 5.11 Å². The van der Waals surface area contributed by atoms with E-state index in [1.165, 1.54) is 0 Å². The van der Waals surface area contributed by atoms with Crippen molar-refractivity contribution >= 4 is 21.9 Å². The normalized spacial score (nSPS) is 10.8. The van der Waals surface area contributed by atoms with Gasteiger partial charge in [0.05, 0.1) is 12.6 Å². The fourth-order valence-corrected chi connectivity index (χ4v) is 1.89. The van der Waals surface area contributed by atoms with E-state index in [1.807, 2.05) is 0 Å². The second-order valence-corrected chi connectivity index (χ2v) is 3.51. The van der Waals surface area contributed by atoms with Gasteiger partial charge in [0.1, 0.15) is 11.5 Å². The Balaban J connectivity index is 3.32. The van der Waals surface area contributed by atoms with Crippen molar-refractivity contribution in [3.63, 3.8) is 0 Å². The topological polar surface area (TPSA) is 50.2 Å². The first-order chi connectivity index (χ1) is 7.47. The Labute approximate surface area is 97.4 Å². The van der Waals surface area contributed by atoms with Gasteiger partial charge in [-0.15, -0.1) is 0 Å². The number of pyridine rings is 1.